The van der Waals surface area contributed by atoms with E-state index in [9.17, 15) is 4.79 Å². The van der Waals surface area contributed by atoms with E-state index in [4.69, 9.17) is 11.2 Å². The van der Waals surface area contributed by atoms with Crippen LogP contribution in [0.1, 0.15) is 27.2 Å². The van der Waals surface area contributed by atoms with Crippen molar-refractivity contribution in [3.8, 4) is 18.1 Å². The van der Waals surface area contributed by atoms with Crippen molar-refractivity contribution >= 4 is 11.7 Å². The Morgan fingerprint density at radius 2 is 2.20 bits per heavy atom. The Morgan fingerprint density at radius 1 is 1.45 bits per heavy atom. The lowest BCUT2D eigenvalue weighted by Gasteiger charge is -2.17. The molecule has 1 unspecified atom stereocenters. The van der Waals surface area contributed by atoms with Gasteiger partial charge in [-0.3, -0.25) is 0 Å². The van der Waals surface area contributed by atoms with Crippen molar-refractivity contribution in [2.75, 3.05) is 11.9 Å². The monoisotopic (exact) mass is 274 g/mol. The summed E-state index contributed by atoms with van der Waals surface area (Å²) < 4.78 is 5.51. The highest BCUT2D eigenvalue weighted by Crippen LogP contribution is 2.17. The third-order valence-corrected chi connectivity index (χ3v) is 2.70. The van der Waals surface area contributed by atoms with E-state index in [1.54, 1.807) is 12.1 Å². The highest BCUT2D eigenvalue weighted by atomic mass is 16.5. The second-order valence-corrected chi connectivity index (χ2v) is 4.86. The first-order valence-electron chi connectivity index (χ1n) is 6.83. The van der Waals surface area contributed by atoms with Crippen molar-refractivity contribution < 1.29 is 9.53 Å². The third kappa shape index (κ3) is 5.23. The lowest BCUT2D eigenvalue weighted by Crippen LogP contribution is -2.40. The summed E-state index contributed by atoms with van der Waals surface area (Å²) in [5.41, 5.74) is 0.677. The van der Waals surface area contributed by atoms with Gasteiger partial charge in [0.15, 0.2) is 0 Å². The van der Waals surface area contributed by atoms with Gasteiger partial charge in [0.05, 0.1) is 12.6 Å². The number of anilines is 1. The minimum Gasteiger partial charge on any atom is -0.494 e. The minimum atomic E-state index is -0.311. The fraction of sp³-hybridized carbons (Fsp3) is 0.438. The van der Waals surface area contributed by atoms with Crippen LogP contribution in [0.25, 0.3) is 0 Å². The van der Waals surface area contributed by atoms with Crippen molar-refractivity contribution in [2.45, 2.75) is 33.2 Å². The molecule has 0 radical (unpaired) electrons. The molecule has 0 aromatic heterocycles. The predicted octanol–water partition coefficient (Wildman–Crippen LogP) is 3.25. The van der Waals surface area contributed by atoms with Crippen LogP contribution in [0.15, 0.2) is 24.3 Å². The van der Waals surface area contributed by atoms with Crippen molar-refractivity contribution in [2.24, 2.45) is 5.92 Å². The van der Waals surface area contributed by atoms with Gasteiger partial charge in [-0.15, -0.1) is 6.42 Å². The molecule has 0 fully saturated rings. The normalized spacial score (nSPS) is 11.6. The number of carbonyl (C=O) groups excluding carboxylic acids is 1. The predicted molar refractivity (Wildman–Crippen MR) is 81.8 cm³/mol. The van der Waals surface area contributed by atoms with Crippen LogP contribution in [0, 0.1) is 18.3 Å². The lowest BCUT2D eigenvalue weighted by molar-refractivity contribution is 0.248. The maximum absolute atomic E-state index is 11.9. The molecule has 108 valence electrons. The molecule has 20 heavy (non-hydrogen) atoms. The Morgan fingerprint density at radius 3 is 2.80 bits per heavy atom. The summed E-state index contributed by atoms with van der Waals surface area (Å²) in [6, 6.07) is 6.69. The highest BCUT2D eigenvalue weighted by Gasteiger charge is 2.13. The molecule has 4 nitrogen and oxygen atoms in total. The first-order chi connectivity index (χ1) is 9.56. The number of nitrogens with one attached hydrogen (secondary N) is 2. The summed E-state index contributed by atoms with van der Waals surface area (Å²) in [6.45, 7) is 6.62. The molecule has 0 saturated carbocycles. The topological polar surface area (TPSA) is 50.4 Å². The van der Waals surface area contributed by atoms with Gasteiger partial charge in [0.2, 0.25) is 0 Å². The van der Waals surface area contributed by atoms with Gasteiger partial charge in [-0.05, 0) is 24.5 Å². The Balaban J connectivity index is 2.59. The Kier molecular flexibility index (Phi) is 6.45. The fourth-order valence-corrected chi connectivity index (χ4v) is 1.59. The Bertz CT molecular complexity index is 478. The van der Waals surface area contributed by atoms with Crippen molar-refractivity contribution in [3.63, 3.8) is 0 Å². The SMILES string of the molecule is C#CC(NC(=O)Nc1cccc(OCCC)c1)C(C)C. The first-order valence-corrected chi connectivity index (χ1v) is 6.83. The molecule has 1 aromatic rings. The highest BCUT2D eigenvalue weighted by molar-refractivity contribution is 5.89. The third-order valence-electron chi connectivity index (χ3n) is 2.70. The zero-order valence-corrected chi connectivity index (χ0v) is 12.3. The van der Waals surface area contributed by atoms with Crippen molar-refractivity contribution in [1.82, 2.24) is 5.32 Å². The summed E-state index contributed by atoms with van der Waals surface area (Å²) >= 11 is 0. The standard InChI is InChI=1S/C16H22N2O2/c1-5-10-20-14-9-7-8-13(11-14)17-16(19)18-15(6-2)12(3)4/h2,7-9,11-12,15H,5,10H2,1,3-4H3,(H2,17,18,19). The van der Waals surface area contributed by atoms with Gasteiger partial charge in [0, 0.05) is 11.8 Å². The van der Waals surface area contributed by atoms with Crippen molar-refractivity contribution in [1.29, 1.82) is 0 Å². The van der Waals surface area contributed by atoms with E-state index in [0.717, 1.165) is 12.2 Å². The van der Waals surface area contributed by atoms with Gasteiger partial charge in [0.1, 0.15) is 5.75 Å². The van der Waals surface area contributed by atoms with Gasteiger partial charge in [-0.25, -0.2) is 4.79 Å². The molecule has 4 heteroatoms. The number of ether oxygens (including phenoxy) is 1. The van der Waals surface area contributed by atoms with Gasteiger partial charge in [0.25, 0.3) is 0 Å². The summed E-state index contributed by atoms with van der Waals surface area (Å²) in [6.07, 6.45) is 6.32. The molecular formula is C16H22N2O2. The number of urea groups is 1. The van der Waals surface area contributed by atoms with E-state index in [1.165, 1.54) is 0 Å². The molecule has 0 aliphatic heterocycles. The Hall–Kier alpha value is -2.15. The van der Waals surface area contributed by atoms with E-state index in [2.05, 4.69) is 16.6 Å². The molecule has 1 rings (SSSR count). The number of hydrogen-bond donors (Lipinski definition) is 2. The van der Waals surface area contributed by atoms with E-state index in [-0.39, 0.29) is 18.0 Å². The molecule has 0 saturated heterocycles. The van der Waals surface area contributed by atoms with Crippen LogP contribution in [0.3, 0.4) is 0 Å². The van der Waals surface area contributed by atoms with E-state index < -0.39 is 0 Å². The molecule has 1 aromatic carbocycles. The molecule has 0 aliphatic carbocycles. The van der Waals surface area contributed by atoms with Crippen LogP contribution in [-0.2, 0) is 0 Å². The molecule has 0 bridgehead atoms. The molecule has 0 aliphatic rings. The van der Waals surface area contributed by atoms with Gasteiger partial charge in [-0.2, -0.15) is 0 Å². The molecule has 2 N–H and O–H groups in total. The summed E-state index contributed by atoms with van der Waals surface area (Å²) in [7, 11) is 0. The van der Waals surface area contributed by atoms with Gasteiger partial charge >= 0.3 is 6.03 Å². The number of carbonyl (C=O) groups is 1. The van der Waals surface area contributed by atoms with E-state index in [1.807, 2.05) is 32.9 Å². The lowest BCUT2D eigenvalue weighted by atomic mass is 10.1. The smallest absolute Gasteiger partial charge is 0.320 e. The second kappa shape index (κ2) is 8.11. The van der Waals surface area contributed by atoms with Crippen LogP contribution in [0.4, 0.5) is 10.5 Å². The molecule has 0 heterocycles. The average Bonchev–Trinajstić information content (AvgIpc) is 2.42. The molecule has 0 spiro atoms. The zero-order valence-electron chi connectivity index (χ0n) is 12.3. The quantitative estimate of drug-likeness (QED) is 0.782. The summed E-state index contributed by atoms with van der Waals surface area (Å²) in [5, 5.41) is 5.50. The molecule has 1 atom stereocenters. The maximum Gasteiger partial charge on any atom is 0.320 e. The average molecular weight is 274 g/mol. The van der Waals surface area contributed by atoms with Crippen LogP contribution in [-0.4, -0.2) is 18.7 Å². The van der Waals surface area contributed by atoms with Crippen LogP contribution < -0.4 is 15.4 Å². The molecular weight excluding hydrogens is 252 g/mol. The van der Waals surface area contributed by atoms with Crippen molar-refractivity contribution in [3.05, 3.63) is 24.3 Å². The molecule has 2 amide bonds. The maximum atomic E-state index is 11.9. The number of hydrogen-bond acceptors (Lipinski definition) is 2. The Labute approximate surface area is 120 Å². The van der Waals surface area contributed by atoms with Gasteiger partial charge < -0.3 is 15.4 Å². The largest absolute Gasteiger partial charge is 0.494 e. The second-order valence-electron chi connectivity index (χ2n) is 4.86. The number of benzene rings is 1. The van der Waals surface area contributed by atoms with Crippen LogP contribution >= 0.6 is 0 Å². The summed E-state index contributed by atoms with van der Waals surface area (Å²) in [5.74, 6) is 3.48. The van der Waals surface area contributed by atoms with Crippen LogP contribution in [0.5, 0.6) is 5.75 Å². The number of amides is 2. The minimum absolute atomic E-state index is 0.185. The van der Waals surface area contributed by atoms with Gasteiger partial charge in [-0.1, -0.05) is 32.8 Å². The van der Waals surface area contributed by atoms with Crippen LogP contribution in [0.2, 0.25) is 0 Å². The number of rotatable bonds is 6. The van der Waals surface area contributed by atoms with E-state index >= 15 is 0 Å². The summed E-state index contributed by atoms with van der Waals surface area (Å²) in [4.78, 5) is 11.9. The number of terminal acetylenes is 1. The fourth-order valence-electron chi connectivity index (χ4n) is 1.59. The van der Waals surface area contributed by atoms with E-state index in [0.29, 0.717) is 12.3 Å². The first kappa shape index (κ1) is 15.9. The zero-order chi connectivity index (χ0) is 15.0.